The summed E-state index contributed by atoms with van der Waals surface area (Å²) in [5.74, 6) is -1.42. The number of aliphatic hydroxyl groups is 1. The normalized spacial score (nSPS) is 20.7. The molecule has 0 saturated carbocycles. The highest BCUT2D eigenvalue weighted by molar-refractivity contribution is 6.08. The fourth-order valence-electron chi connectivity index (χ4n) is 2.33. The molecule has 1 aliphatic rings. The number of carbonyl (C=O) groups excluding carboxylic acids is 1. The van der Waals surface area contributed by atoms with E-state index in [0.29, 0.717) is 0 Å². The monoisotopic (exact) mass is 288 g/mol. The van der Waals surface area contributed by atoms with Gasteiger partial charge in [0.05, 0.1) is 0 Å². The zero-order valence-corrected chi connectivity index (χ0v) is 10.8. The lowest BCUT2D eigenvalue weighted by molar-refractivity contribution is -0.00553. The minimum atomic E-state index is -1.96. The van der Waals surface area contributed by atoms with Gasteiger partial charge in [-0.05, 0) is 17.7 Å². The third-order valence-electron chi connectivity index (χ3n) is 3.45. The largest absolute Gasteiger partial charge is 0.508 e. The second-order valence-corrected chi connectivity index (χ2v) is 4.86. The summed E-state index contributed by atoms with van der Waals surface area (Å²) in [6.07, 6.45) is 0. The molecule has 4 N–H and O–H groups in total. The van der Waals surface area contributed by atoms with Crippen LogP contribution in [-0.2, 0) is 5.60 Å². The molecule has 0 spiro atoms. The molecular formula is C15H12O6. The van der Waals surface area contributed by atoms with Gasteiger partial charge < -0.3 is 25.2 Å². The van der Waals surface area contributed by atoms with Crippen molar-refractivity contribution in [1.29, 1.82) is 0 Å². The zero-order chi connectivity index (χ0) is 15.2. The van der Waals surface area contributed by atoms with E-state index in [0.717, 1.165) is 6.07 Å². The highest BCUT2D eigenvalue weighted by atomic mass is 16.5. The second kappa shape index (κ2) is 4.39. The number of benzene rings is 2. The predicted octanol–water partition coefficient (Wildman–Crippen LogP) is 1.27. The Bertz CT molecular complexity index is 722. The smallest absolute Gasteiger partial charge is 0.209 e. The van der Waals surface area contributed by atoms with Crippen LogP contribution in [0.25, 0.3) is 0 Å². The number of hydrogen-bond donors (Lipinski definition) is 4. The fraction of sp³-hybridized carbons (Fsp3) is 0.133. The van der Waals surface area contributed by atoms with Crippen LogP contribution in [0.3, 0.4) is 0 Å². The van der Waals surface area contributed by atoms with Crippen molar-refractivity contribution in [2.24, 2.45) is 0 Å². The Morgan fingerprint density at radius 3 is 2.33 bits per heavy atom. The number of rotatable bonds is 1. The van der Waals surface area contributed by atoms with Crippen LogP contribution in [0.5, 0.6) is 23.0 Å². The molecule has 2 aromatic rings. The molecule has 0 aliphatic carbocycles. The molecule has 0 amide bonds. The Balaban J connectivity index is 2.11. The predicted molar refractivity (Wildman–Crippen MR) is 71.6 cm³/mol. The molecular weight excluding hydrogens is 276 g/mol. The van der Waals surface area contributed by atoms with Crippen molar-refractivity contribution < 1.29 is 30.0 Å². The molecule has 3 rings (SSSR count). The van der Waals surface area contributed by atoms with Crippen molar-refractivity contribution in [2.45, 2.75) is 5.60 Å². The average Bonchev–Trinajstić information content (AvgIpc) is 2.43. The number of carbonyl (C=O) groups is 1. The first-order valence-corrected chi connectivity index (χ1v) is 6.17. The second-order valence-electron chi connectivity index (χ2n) is 4.86. The van der Waals surface area contributed by atoms with Crippen LogP contribution in [-0.4, -0.2) is 32.8 Å². The van der Waals surface area contributed by atoms with Crippen molar-refractivity contribution in [3.63, 3.8) is 0 Å². The van der Waals surface area contributed by atoms with E-state index in [1.807, 2.05) is 0 Å². The Hall–Kier alpha value is -2.73. The first kappa shape index (κ1) is 13.3. The topological polar surface area (TPSA) is 107 Å². The van der Waals surface area contributed by atoms with Crippen molar-refractivity contribution in [2.75, 3.05) is 6.61 Å². The standard InChI is InChI=1S/C15H12O6/c16-9-3-1-8(2-4-9)15(20)7-21-12-6-10(17)5-11(18)13(12)14(15)19/h1-6,16-18,20H,7H2. The minimum absolute atomic E-state index is 0.000281. The molecule has 6 heteroatoms. The molecule has 1 atom stereocenters. The summed E-state index contributed by atoms with van der Waals surface area (Å²) in [6, 6.07) is 7.68. The van der Waals surface area contributed by atoms with Gasteiger partial charge in [-0.1, -0.05) is 12.1 Å². The lowest BCUT2D eigenvalue weighted by atomic mass is 9.84. The molecule has 1 heterocycles. The van der Waals surface area contributed by atoms with Gasteiger partial charge in [0, 0.05) is 12.1 Å². The van der Waals surface area contributed by atoms with Gasteiger partial charge in [-0.25, -0.2) is 0 Å². The van der Waals surface area contributed by atoms with Crippen LogP contribution >= 0.6 is 0 Å². The molecule has 21 heavy (non-hydrogen) atoms. The number of ether oxygens (including phenoxy) is 1. The van der Waals surface area contributed by atoms with Crippen molar-refractivity contribution in [1.82, 2.24) is 0 Å². The zero-order valence-electron chi connectivity index (χ0n) is 10.8. The van der Waals surface area contributed by atoms with Gasteiger partial charge in [-0.2, -0.15) is 0 Å². The maximum Gasteiger partial charge on any atom is 0.209 e. The van der Waals surface area contributed by atoms with E-state index in [1.165, 1.54) is 30.3 Å². The van der Waals surface area contributed by atoms with E-state index < -0.39 is 17.1 Å². The van der Waals surface area contributed by atoms with Crippen molar-refractivity contribution >= 4 is 5.78 Å². The summed E-state index contributed by atoms with van der Waals surface area (Å²) >= 11 is 0. The van der Waals surface area contributed by atoms with Crippen LogP contribution < -0.4 is 4.74 Å². The average molecular weight is 288 g/mol. The molecule has 0 fully saturated rings. The molecule has 1 unspecified atom stereocenters. The van der Waals surface area contributed by atoms with Gasteiger partial charge in [0.2, 0.25) is 5.78 Å². The summed E-state index contributed by atoms with van der Waals surface area (Å²) in [7, 11) is 0. The molecule has 0 saturated heterocycles. The summed E-state index contributed by atoms with van der Waals surface area (Å²) in [5.41, 5.74) is -1.91. The Morgan fingerprint density at radius 1 is 1.00 bits per heavy atom. The quantitative estimate of drug-likeness (QED) is 0.629. The van der Waals surface area contributed by atoms with Gasteiger partial charge >= 0.3 is 0 Å². The SMILES string of the molecule is O=C1c2c(O)cc(O)cc2OCC1(O)c1ccc(O)cc1. The molecule has 6 nitrogen and oxygen atoms in total. The van der Waals surface area contributed by atoms with Gasteiger partial charge in [0.15, 0.2) is 5.60 Å². The minimum Gasteiger partial charge on any atom is -0.508 e. The van der Waals surface area contributed by atoms with E-state index >= 15 is 0 Å². The van der Waals surface area contributed by atoms with Gasteiger partial charge in [0.25, 0.3) is 0 Å². The summed E-state index contributed by atoms with van der Waals surface area (Å²) in [6.45, 7) is -0.355. The summed E-state index contributed by atoms with van der Waals surface area (Å²) < 4.78 is 5.30. The summed E-state index contributed by atoms with van der Waals surface area (Å²) in [5, 5.41) is 39.1. The Kier molecular flexibility index (Phi) is 2.77. The first-order valence-electron chi connectivity index (χ1n) is 6.17. The number of ketones is 1. The molecule has 0 aromatic heterocycles. The molecule has 0 radical (unpaired) electrons. The molecule has 0 bridgehead atoms. The summed E-state index contributed by atoms with van der Waals surface area (Å²) in [4.78, 5) is 12.5. The number of hydrogen-bond acceptors (Lipinski definition) is 6. The van der Waals surface area contributed by atoms with Gasteiger partial charge in [0.1, 0.15) is 35.2 Å². The van der Waals surface area contributed by atoms with E-state index in [4.69, 9.17) is 4.74 Å². The van der Waals surface area contributed by atoms with Crippen molar-refractivity contribution in [3.8, 4) is 23.0 Å². The number of aromatic hydroxyl groups is 3. The molecule has 1 aliphatic heterocycles. The number of fused-ring (bicyclic) bond motifs is 1. The van der Waals surface area contributed by atoms with Gasteiger partial charge in [-0.15, -0.1) is 0 Å². The Morgan fingerprint density at radius 2 is 1.67 bits per heavy atom. The highest BCUT2D eigenvalue weighted by Crippen LogP contribution is 2.42. The Labute approximate surface area is 119 Å². The molecule has 108 valence electrons. The number of phenolic OH excluding ortho intramolecular Hbond substituents is 3. The third kappa shape index (κ3) is 1.96. The third-order valence-corrected chi connectivity index (χ3v) is 3.45. The number of Topliss-reactive ketones (excluding diaryl/α,β-unsaturated/α-hetero) is 1. The highest BCUT2D eigenvalue weighted by Gasteiger charge is 2.45. The van der Waals surface area contributed by atoms with E-state index in [9.17, 15) is 25.2 Å². The number of phenols is 3. The maximum atomic E-state index is 12.5. The van der Waals surface area contributed by atoms with Crippen LogP contribution in [0, 0.1) is 0 Å². The lowest BCUT2D eigenvalue weighted by Gasteiger charge is -2.32. The van der Waals surface area contributed by atoms with E-state index in [1.54, 1.807) is 0 Å². The van der Waals surface area contributed by atoms with Gasteiger partial charge in [-0.3, -0.25) is 4.79 Å². The lowest BCUT2D eigenvalue weighted by Crippen LogP contribution is -2.44. The van der Waals surface area contributed by atoms with E-state index in [2.05, 4.69) is 0 Å². The van der Waals surface area contributed by atoms with Crippen LogP contribution in [0.2, 0.25) is 0 Å². The first-order chi connectivity index (χ1) is 9.91. The van der Waals surface area contributed by atoms with Crippen LogP contribution in [0.1, 0.15) is 15.9 Å². The maximum absolute atomic E-state index is 12.5. The molecule has 2 aromatic carbocycles. The van der Waals surface area contributed by atoms with Crippen LogP contribution in [0.4, 0.5) is 0 Å². The van der Waals surface area contributed by atoms with Crippen LogP contribution in [0.15, 0.2) is 36.4 Å². The van der Waals surface area contributed by atoms with Crippen molar-refractivity contribution in [3.05, 3.63) is 47.5 Å². The van der Waals surface area contributed by atoms with E-state index in [-0.39, 0.29) is 35.0 Å². The fourth-order valence-corrected chi connectivity index (χ4v) is 2.33.